The molecule has 1 aromatic rings. The van der Waals surface area contributed by atoms with Crippen molar-refractivity contribution in [1.29, 1.82) is 0 Å². The molecule has 6 nitrogen and oxygen atoms in total. The molecule has 1 heterocycles. The van der Waals surface area contributed by atoms with Crippen LogP contribution in [0.2, 0.25) is 0 Å². The van der Waals surface area contributed by atoms with Gasteiger partial charge in [0.15, 0.2) is 0 Å². The molecule has 1 aliphatic rings. The highest BCUT2D eigenvalue weighted by molar-refractivity contribution is 6.00. The molecular weight excluding hydrogens is 306 g/mol. The van der Waals surface area contributed by atoms with Crippen LogP contribution in [0.25, 0.3) is 0 Å². The minimum Gasteiger partial charge on any atom is -0.490 e. The molecule has 0 unspecified atom stereocenters. The van der Waals surface area contributed by atoms with Gasteiger partial charge in [0.25, 0.3) is 0 Å². The molecule has 3 amide bonds. The highest BCUT2D eigenvalue weighted by atomic mass is 16.5. The first-order valence-electron chi connectivity index (χ1n) is 8.38. The van der Waals surface area contributed by atoms with E-state index < -0.39 is 5.41 Å². The quantitative estimate of drug-likeness (QED) is 0.888. The molecule has 24 heavy (non-hydrogen) atoms. The van der Waals surface area contributed by atoms with Crippen molar-refractivity contribution in [3.63, 3.8) is 0 Å². The van der Waals surface area contributed by atoms with Crippen LogP contribution >= 0.6 is 0 Å². The van der Waals surface area contributed by atoms with Crippen LogP contribution < -0.4 is 20.3 Å². The minimum absolute atomic E-state index is 0.0550. The van der Waals surface area contributed by atoms with Crippen molar-refractivity contribution < 1.29 is 14.3 Å². The number of benzene rings is 1. The van der Waals surface area contributed by atoms with Gasteiger partial charge in [-0.1, -0.05) is 13.8 Å². The molecule has 6 heteroatoms. The van der Waals surface area contributed by atoms with Crippen LogP contribution in [0.15, 0.2) is 18.2 Å². The van der Waals surface area contributed by atoms with Crippen molar-refractivity contribution in [3.05, 3.63) is 18.2 Å². The van der Waals surface area contributed by atoms with E-state index in [0.29, 0.717) is 37.1 Å². The smallest absolute Gasteiger partial charge is 0.319 e. The molecule has 0 fully saturated rings. The van der Waals surface area contributed by atoms with Gasteiger partial charge in [0.05, 0.1) is 11.1 Å². The van der Waals surface area contributed by atoms with Gasteiger partial charge in [-0.15, -0.1) is 0 Å². The Balaban J connectivity index is 2.35. The van der Waals surface area contributed by atoms with Crippen LogP contribution in [0.5, 0.6) is 5.75 Å². The van der Waals surface area contributed by atoms with Gasteiger partial charge in [-0.3, -0.25) is 4.79 Å². The van der Waals surface area contributed by atoms with Crippen molar-refractivity contribution >= 4 is 23.3 Å². The van der Waals surface area contributed by atoms with Crippen molar-refractivity contribution in [1.82, 2.24) is 5.32 Å². The predicted octanol–water partition coefficient (Wildman–Crippen LogP) is 3.24. The molecule has 0 bridgehead atoms. The van der Waals surface area contributed by atoms with E-state index in [-0.39, 0.29) is 11.9 Å². The maximum absolute atomic E-state index is 12.9. The molecule has 1 aliphatic heterocycles. The fraction of sp³-hybridized carbons (Fsp3) is 0.556. The van der Waals surface area contributed by atoms with E-state index in [0.717, 1.165) is 5.69 Å². The average molecular weight is 333 g/mol. The fourth-order valence-corrected chi connectivity index (χ4v) is 2.61. The second kappa shape index (κ2) is 7.11. The highest BCUT2D eigenvalue weighted by Gasteiger charge is 2.38. The summed E-state index contributed by atoms with van der Waals surface area (Å²) in [5.41, 5.74) is 0.790. The number of nitrogens with one attached hydrogen (secondary N) is 2. The summed E-state index contributed by atoms with van der Waals surface area (Å²) in [7, 11) is 0. The number of urea groups is 1. The SMILES string of the molecule is CCNC(=O)Nc1ccc2c(c1)OCC(C)(C)C(=O)N2CC(C)C. The molecule has 0 aliphatic carbocycles. The van der Waals surface area contributed by atoms with Crippen LogP contribution in [0.4, 0.5) is 16.2 Å². The van der Waals surface area contributed by atoms with Gasteiger partial charge in [-0.2, -0.15) is 0 Å². The second-order valence-electron chi connectivity index (χ2n) is 7.15. The van der Waals surface area contributed by atoms with E-state index in [4.69, 9.17) is 4.74 Å². The van der Waals surface area contributed by atoms with Crippen molar-refractivity contribution in [2.45, 2.75) is 34.6 Å². The van der Waals surface area contributed by atoms with Crippen molar-refractivity contribution in [3.8, 4) is 5.75 Å². The highest BCUT2D eigenvalue weighted by Crippen LogP contribution is 2.38. The van der Waals surface area contributed by atoms with Gasteiger partial charge in [0.1, 0.15) is 12.4 Å². The van der Waals surface area contributed by atoms with Crippen LogP contribution in [0.3, 0.4) is 0 Å². The van der Waals surface area contributed by atoms with Gasteiger partial charge in [0, 0.05) is 24.8 Å². The Morgan fingerprint density at radius 1 is 1.38 bits per heavy atom. The second-order valence-corrected chi connectivity index (χ2v) is 7.15. The van der Waals surface area contributed by atoms with Gasteiger partial charge in [-0.25, -0.2) is 4.79 Å². The van der Waals surface area contributed by atoms with Crippen LogP contribution in [0, 0.1) is 11.3 Å². The monoisotopic (exact) mass is 333 g/mol. The van der Waals surface area contributed by atoms with Crippen molar-refractivity contribution in [2.24, 2.45) is 11.3 Å². The average Bonchev–Trinajstić information content (AvgIpc) is 2.58. The van der Waals surface area contributed by atoms with Gasteiger partial charge < -0.3 is 20.3 Å². The normalized spacial score (nSPS) is 16.2. The number of hydrogen-bond donors (Lipinski definition) is 2. The Kier molecular flexibility index (Phi) is 5.36. The van der Waals surface area contributed by atoms with Crippen molar-refractivity contribution in [2.75, 3.05) is 29.9 Å². The number of nitrogens with zero attached hydrogens (tertiary/aromatic N) is 1. The zero-order chi connectivity index (χ0) is 17.9. The largest absolute Gasteiger partial charge is 0.490 e. The van der Waals surface area contributed by atoms with E-state index in [1.165, 1.54) is 0 Å². The zero-order valence-corrected chi connectivity index (χ0v) is 15.1. The summed E-state index contributed by atoms with van der Waals surface area (Å²) in [6.45, 7) is 11.3. The fourth-order valence-electron chi connectivity index (χ4n) is 2.61. The topological polar surface area (TPSA) is 70.7 Å². The molecule has 1 aromatic carbocycles. The Labute approximate surface area is 143 Å². The summed E-state index contributed by atoms with van der Waals surface area (Å²) in [6.07, 6.45) is 0. The third-order valence-corrected chi connectivity index (χ3v) is 3.81. The lowest BCUT2D eigenvalue weighted by atomic mass is 9.92. The lowest BCUT2D eigenvalue weighted by Crippen LogP contribution is -2.43. The Hall–Kier alpha value is -2.24. The molecular formula is C18H27N3O3. The number of ether oxygens (including phenoxy) is 1. The molecule has 132 valence electrons. The van der Waals surface area contributed by atoms with Gasteiger partial charge >= 0.3 is 6.03 Å². The van der Waals surface area contributed by atoms with Crippen LogP contribution in [-0.4, -0.2) is 31.6 Å². The maximum Gasteiger partial charge on any atom is 0.319 e. The third-order valence-electron chi connectivity index (χ3n) is 3.81. The number of amides is 3. The summed E-state index contributed by atoms with van der Waals surface area (Å²) < 4.78 is 5.89. The Morgan fingerprint density at radius 2 is 2.08 bits per heavy atom. The lowest BCUT2D eigenvalue weighted by Gasteiger charge is -2.29. The summed E-state index contributed by atoms with van der Waals surface area (Å²) in [5, 5.41) is 5.45. The molecule has 2 N–H and O–H groups in total. The first-order chi connectivity index (χ1) is 11.2. The summed E-state index contributed by atoms with van der Waals surface area (Å²) in [6, 6.07) is 5.13. The van der Waals surface area contributed by atoms with E-state index in [2.05, 4.69) is 24.5 Å². The summed E-state index contributed by atoms with van der Waals surface area (Å²) >= 11 is 0. The van der Waals surface area contributed by atoms with Gasteiger partial charge in [-0.05, 0) is 38.8 Å². The lowest BCUT2D eigenvalue weighted by molar-refractivity contribution is -0.127. The standard InChI is InChI=1S/C18H27N3O3/c1-6-19-17(23)20-13-7-8-14-15(9-13)24-11-18(4,5)16(22)21(14)10-12(2)3/h7-9,12H,6,10-11H2,1-5H3,(H2,19,20,23). The molecule has 0 atom stereocenters. The zero-order valence-electron chi connectivity index (χ0n) is 15.1. The molecule has 0 saturated heterocycles. The number of carbonyl (C=O) groups is 2. The molecule has 0 spiro atoms. The van der Waals surface area contributed by atoms with Crippen LogP contribution in [-0.2, 0) is 4.79 Å². The first kappa shape index (κ1) is 18.1. The Bertz CT molecular complexity index is 626. The summed E-state index contributed by atoms with van der Waals surface area (Å²) in [4.78, 5) is 26.4. The number of rotatable bonds is 4. The molecule has 0 saturated carbocycles. The molecule has 0 radical (unpaired) electrons. The van der Waals surface area contributed by atoms with Gasteiger partial charge in [0.2, 0.25) is 5.91 Å². The third kappa shape index (κ3) is 3.99. The Morgan fingerprint density at radius 3 is 2.71 bits per heavy atom. The first-order valence-corrected chi connectivity index (χ1v) is 8.38. The van der Waals surface area contributed by atoms with E-state index >= 15 is 0 Å². The van der Waals surface area contributed by atoms with E-state index in [1.807, 2.05) is 26.8 Å². The number of anilines is 2. The maximum atomic E-state index is 12.9. The summed E-state index contributed by atoms with van der Waals surface area (Å²) in [5.74, 6) is 1.01. The minimum atomic E-state index is -0.596. The molecule has 2 rings (SSSR count). The van der Waals surface area contributed by atoms with E-state index in [9.17, 15) is 9.59 Å². The number of hydrogen-bond acceptors (Lipinski definition) is 3. The van der Waals surface area contributed by atoms with Crippen LogP contribution in [0.1, 0.15) is 34.6 Å². The number of carbonyl (C=O) groups excluding carboxylic acids is 2. The van der Waals surface area contributed by atoms with E-state index in [1.54, 1.807) is 17.0 Å². The molecule has 0 aromatic heterocycles. The predicted molar refractivity (Wildman–Crippen MR) is 95.6 cm³/mol. The number of fused-ring (bicyclic) bond motifs is 1.